The first kappa shape index (κ1) is 23.9. The third-order valence-electron chi connectivity index (χ3n) is 7.30. The number of halogens is 4. The summed E-state index contributed by atoms with van der Waals surface area (Å²) in [6, 6.07) is 13.7. The maximum atomic E-state index is 14.8. The van der Waals surface area contributed by atoms with Gasteiger partial charge in [0, 0.05) is 11.1 Å². The zero-order chi connectivity index (χ0) is 24.5. The summed E-state index contributed by atoms with van der Waals surface area (Å²) in [5.41, 5.74) is 2.63. The van der Waals surface area contributed by atoms with Gasteiger partial charge in [-0.05, 0) is 72.8 Å². The Morgan fingerprint density at radius 3 is 2.09 bits per heavy atom. The highest BCUT2D eigenvalue weighted by atomic mass is 19.2. The Morgan fingerprint density at radius 1 is 0.771 bits per heavy atom. The van der Waals surface area contributed by atoms with Gasteiger partial charge < -0.3 is 9.47 Å². The quantitative estimate of drug-likeness (QED) is 0.251. The summed E-state index contributed by atoms with van der Waals surface area (Å²) >= 11 is 0. The molecule has 35 heavy (non-hydrogen) atoms. The lowest BCUT2D eigenvalue weighted by Gasteiger charge is -2.29. The van der Waals surface area contributed by atoms with Crippen LogP contribution in [-0.4, -0.2) is 13.2 Å². The molecule has 1 unspecified atom stereocenters. The van der Waals surface area contributed by atoms with Crippen molar-refractivity contribution in [3.8, 4) is 16.9 Å². The van der Waals surface area contributed by atoms with Gasteiger partial charge in [0.2, 0.25) is 5.82 Å². The molecular weight excluding hydrogens is 456 g/mol. The van der Waals surface area contributed by atoms with Gasteiger partial charge in [-0.1, -0.05) is 43.3 Å². The van der Waals surface area contributed by atoms with Crippen molar-refractivity contribution in [2.45, 2.75) is 51.0 Å². The van der Waals surface area contributed by atoms with E-state index in [1.807, 2.05) is 19.1 Å². The smallest absolute Gasteiger partial charge is 0.201 e. The topological polar surface area (TPSA) is 21.8 Å². The van der Waals surface area contributed by atoms with Gasteiger partial charge in [-0.3, -0.25) is 0 Å². The van der Waals surface area contributed by atoms with E-state index < -0.39 is 23.3 Å². The first-order valence-corrected chi connectivity index (χ1v) is 12.3. The van der Waals surface area contributed by atoms with Crippen molar-refractivity contribution in [1.29, 1.82) is 0 Å². The van der Waals surface area contributed by atoms with Crippen molar-refractivity contribution in [3.05, 3.63) is 88.5 Å². The second-order valence-corrected chi connectivity index (χ2v) is 9.51. The molecule has 2 aliphatic rings. The maximum absolute atomic E-state index is 14.8. The Labute approximate surface area is 202 Å². The molecule has 0 N–H and O–H groups in total. The van der Waals surface area contributed by atoms with E-state index in [0.29, 0.717) is 30.6 Å². The summed E-state index contributed by atoms with van der Waals surface area (Å²) in [5.74, 6) is -3.53. The fraction of sp³-hybridized carbons (Fsp3) is 0.379. The molecule has 0 aromatic heterocycles. The number of rotatable bonds is 7. The Bertz CT molecular complexity index is 1200. The van der Waals surface area contributed by atoms with Gasteiger partial charge in [0.25, 0.3) is 0 Å². The first-order valence-electron chi connectivity index (χ1n) is 12.3. The molecule has 0 radical (unpaired) electrons. The van der Waals surface area contributed by atoms with Gasteiger partial charge in [0.1, 0.15) is 6.10 Å². The van der Waals surface area contributed by atoms with Gasteiger partial charge in [-0.15, -0.1) is 0 Å². The van der Waals surface area contributed by atoms with E-state index in [0.717, 1.165) is 24.8 Å². The molecule has 1 aliphatic carbocycles. The minimum Gasteiger partial charge on any atom is -0.490 e. The van der Waals surface area contributed by atoms with Gasteiger partial charge in [-0.2, -0.15) is 4.39 Å². The van der Waals surface area contributed by atoms with Crippen molar-refractivity contribution in [2.24, 2.45) is 5.92 Å². The highest BCUT2D eigenvalue weighted by molar-refractivity contribution is 5.65. The van der Waals surface area contributed by atoms with Crippen LogP contribution < -0.4 is 4.74 Å². The zero-order valence-corrected chi connectivity index (χ0v) is 19.6. The lowest BCUT2D eigenvalue weighted by atomic mass is 9.78. The Hall–Kier alpha value is -2.86. The minimum atomic E-state index is -0.993. The predicted octanol–water partition coefficient (Wildman–Crippen LogP) is 7.90. The average Bonchev–Trinajstić information content (AvgIpc) is 3.72. The predicted molar refractivity (Wildman–Crippen MR) is 126 cm³/mol. The monoisotopic (exact) mass is 484 g/mol. The van der Waals surface area contributed by atoms with E-state index in [4.69, 9.17) is 9.47 Å². The minimum absolute atomic E-state index is 0.0671. The second-order valence-electron chi connectivity index (χ2n) is 9.51. The molecule has 2 nitrogen and oxygen atoms in total. The summed E-state index contributed by atoms with van der Waals surface area (Å²) in [4.78, 5) is 0. The molecule has 0 spiro atoms. The fourth-order valence-electron chi connectivity index (χ4n) is 5.00. The van der Waals surface area contributed by atoms with E-state index in [-0.39, 0.29) is 41.4 Å². The summed E-state index contributed by atoms with van der Waals surface area (Å²) in [7, 11) is 0. The van der Waals surface area contributed by atoms with Crippen LogP contribution in [0.15, 0.2) is 48.5 Å². The van der Waals surface area contributed by atoms with Crippen LogP contribution in [0.4, 0.5) is 17.6 Å². The van der Waals surface area contributed by atoms with Gasteiger partial charge >= 0.3 is 0 Å². The van der Waals surface area contributed by atoms with Crippen LogP contribution in [0.25, 0.3) is 11.1 Å². The van der Waals surface area contributed by atoms with Crippen molar-refractivity contribution < 1.29 is 27.0 Å². The second kappa shape index (κ2) is 10.0. The normalized spacial score (nSPS) is 21.7. The largest absolute Gasteiger partial charge is 0.490 e. The highest BCUT2D eigenvalue weighted by Crippen LogP contribution is 2.40. The van der Waals surface area contributed by atoms with Crippen LogP contribution in [0, 0.1) is 29.2 Å². The van der Waals surface area contributed by atoms with E-state index in [2.05, 4.69) is 0 Å². The van der Waals surface area contributed by atoms with Gasteiger partial charge in [0.15, 0.2) is 23.2 Å². The zero-order valence-electron chi connectivity index (χ0n) is 19.6. The van der Waals surface area contributed by atoms with Crippen molar-refractivity contribution in [2.75, 3.05) is 13.2 Å². The van der Waals surface area contributed by atoms with Crippen LogP contribution in [0.2, 0.25) is 0 Å². The van der Waals surface area contributed by atoms with Crippen LogP contribution >= 0.6 is 0 Å². The molecule has 1 saturated heterocycles. The summed E-state index contributed by atoms with van der Waals surface area (Å²) in [5, 5.41) is 0. The van der Waals surface area contributed by atoms with Gasteiger partial charge in [-0.25, -0.2) is 13.2 Å². The molecule has 3 aromatic rings. The number of hydrogen-bond acceptors (Lipinski definition) is 2. The SMILES string of the molecule is CCc1ccc(-c2ccc(OCC3CCC(c4ccc(C5CO5)c(F)c4F)CC3)c(F)c2F)cc1. The van der Waals surface area contributed by atoms with Crippen LogP contribution in [0.5, 0.6) is 5.75 Å². The van der Waals surface area contributed by atoms with Crippen LogP contribution in [0.1, 0.15) is 61.3 Å². The van der Waals surface area contributed by atoms with E-state index in [9.17, 15) is 17.6 Å². The Morgan fingerprint density at radius 2 is 1.43 bits per heavy atom. The molecule has 1 atom stereocenters. The number of ether oxygens (including phenoxy) is 2. The molecule has 1 saturated carbocycles. The van der Waals surface area contributed by atoms with E-state index in [1.165, 1.54) is 6.07 Å². The molecule has 0 amide bonds. The van der Waals surface area contributed by atoms with Crippen molar-refractivity contribution in [3.63, 3.8) is 0 Å². The summed E-state index contributed by atoms with van der Waals surface area (Å²) < 4.78 is 69.2. The molecule has 0 bridgehead atoms. The van der Waals surface area contributed by atoms with Crippen LogP contribution in [-0.2, 0) is 11.2 Å². The standard InChI is InChI=1S/C29H28F4O2/c1-2-17-3-7-19(8-4-17)22-13-14-24(29(33)27(22)31)34-15-18-5-9-20(10-6-18)21-11-12-23(25-16-35-25)28(32)26(21)30/h3-4,7-8,11-14,18,20,25H,2,5-6,9-10,15-16H2,1H3. The lowest BCUT2D eigenvalue weighted by Crippen LogP contribution is -2.20. The van der Waals surface area contributed by atoms with E-state index in [1.54, 1.807) is 30.3 Å². The number of aryl methyl sites for hydroxylation is 1. The molecule has 5 rings (SSSR count). The Balaban J connectivity index is 1.19. The number of epoxide rings is 1. The molecule has 6 heteroatoms. The molecule has 1 aliphatic heterocycles. The summed E-state index contributed by atoms with van der Waals surface area (Å²) in [6.07, 6.45) is 3.41. The van der Waals surface area contributed by atoms with Crippen LogP contribution in [0.3, 0.4) is 0 Å². The lowest BCUT2D eigenvalue weighted by molar-refractivity contribution is 0.192. The molecule has 3 aromatic carbocycles. The van der Waals surface area contributed by atoms with Gasteiger partial charge in [0.05, 0.1) is 13.2 Å². The Kier molecular flexibility index (Phi) is 6.83. The third kappa shape index (κ3) is 4.94. The number of benzene rings is 3. The molecular formula is C29H28F4O2. The summed E-state index contributed by atoms with van der Waals surface area (Å²) in [6.45, 7) is 2.72. The maximum Gasteiger partial charge on any atom is 0.201 e. The first-order chi connectivity index (χ1) is 17.0. The fourth-order valence-corrected chi connectivity index (χ4v) is 5.00. The van der Waals surface area contributed by atoms with Crippen molar-refractivity contribution in [1.82, 2.24) is 0 Å². The molecule has 1 heterocycles. The molecule has 184 valence electrons. The van der Waals surface area contributed by atoms with Crippen molar-refractivity contribution >= 4 is 0 Å². The van der Waals surface area contributed by atoms with E-state index >= 15 is 0 Å². The molecule has 2 fully saturated rings. The average molecular weight is 485 g/mol. The third-order valence-corrected chi connectivity index (χ3v) is 7.30. The number of hydrogen-bond donors (Lipinski definition) is 0. The highest BCUT2D eigenvalue weighted by Gasteiger charge is 2.32.